The number of carbonyl (C=O) groups is 1. The van der Waals surface area contributed by atoms with Crippen molar-refractivity contribution in [2.24, 2.45) is 0 Å². The highest BCUT2D eigenvalue weighted by atomic mass is 79.9. The fourth-order valence-corrected chi connectivity index (χ4v) is 0.863. The average molecular weight is 276 g/mol. The zero-order valence-electron chi connectivity index (χ0n) is 5.64. The fourth-order valence-electron chi connectivity index (χ4n) is 0.431. The molecular weight excluding hydrogens is 268 g/mol. The lowest BCUT2D eigenvalue weighted by Gasteiger charge is -2.11. The normalized spacial score (nSPS) is 11.0. The van der Waals surface area contributed by atoms with E-state index >= 15 is 0 Å². The van der Waals surface area contributed by atoms with Crippen LogP contribution in [-0.4, -0.2) is 30.0 Å². The van der Waals surface area contributed by atoms with E-state index in [-0.39, 0.29) is 5.78 Å². The number of alkyl halides is 2. The van der Waals surface area contributed by atoms with Crippen LogP contribution in [0.3, 0.4) is 0 Å². The van der Waals surface area contributed by atoms with Crippen molar-refractivity contribution < 1.29 is 14.3 Å². The van der Waals surface area contributed by atoms with Crippen LogP contribution in [-0.2, 0) is 14.3 Å². The summed E-state index contributed by atoms with van der Waals surface area (Å²) < 4.78 is 8.97. The molecule has 0 N–H and O–H groups in total. The Morgan fingerprint density at radius 1 is 1.30 bits per heavy atom. The maximum Gasteiger partial charge on any atom is 0.219 e. The molecule has 60 valence electrons. The summed E-state index contributed by atoms with van der Waals surface area (Å²) >= 11 is 6.06. The highest BCUT2D eigenvalue weighted by molar-refractivity contribution is 9.25. The molecule has 5 heteroatoms. The molecule has 0 aromatic carbocycles. The highest BCUT2D eigenvalue weighted by Crippen LogP contribution is 2.12. The Hall–Kier alpha value is 0.550. The molecule has 0 radical (unpaired) electrons. The van der Waals surface area contributed by atoms with Gasteiger partial charge in [-0.15, -0.1) is 0 Å². The predicted octanol–water partition coefficient (Wildman–Crippen LogP) is 1.29. The second-order valence-corrected chi connectivity index (χ2v) is 4.57. The monoisotopic (exact) mass is 274 g/mol. The van der Waals surface area contributed by atoms with E-state index in [0.29, 0.717) is 0 Å². The molecule has 0 aromatic heterocycles. The Kier molecular flexibility index (Phi) is 5.52. The first-order chi connectivity index (χ1) is 4.63. The molecular formula is C5H8Br2O3. The fraction of sp³-hybridized carbons (Fsp3) is 0.800. The van der Waals surface area contributed by atoms with Crippen LogP contribution in [0.1, 0.15) is 0 Å². The molecule has 0 spiro atoms. The van der Waals surface area contributed by atoms with E-state index < -0.39 is 10.0 Å². The van der Waals surface area contributed by atoms with Crippen LogP contribution in [0.15, 0.2) is 0 Å². The van der Waals surface area contributed by atoms with Crippen molar-refractivity contribution >= 4 is 37.6 Å². The summed E-state index contributed by atoms with van der Waals surface area (Å²) in [6.07, 6.45) is -0.788. The molecule has 0 aliphatic carbocycles. The van der Waals surface area contributed by atoms with Gasteiger partial charge in [-0.1, -0.05) is 31.9 Å². The summed E-state index contributed by atoms with van der Waals surface area (Å²) in [6, 6.07) is 0. The number of hydrogen-bond donors (Lipinski definition) is 0. The van der Waals surface area contributed by atoms with E-state index in [0.717, 1.165) is 0 Å². The second kappa shape index (κ2) is 5.23. The van der Waals surface area contributed by atoms with Gasteiger partial charge in [0.05, 0.1) is 0 Å². The summed E-state index contributed by atoms with van der Waals surface area (Å²) in [6.45, 7) is 0. The van der Waals surface area contributed by atoms with E-state index in [1.165, 1.54) is 14.2 Å². The minimum atomic E-state index is -0.788. The first kappa shape index (κ1) is 10.6. The third-order valence-corrected chi connectivity index (χ3v) is 1.78. The molecule has 0 saturated carbocycles. The van der Waals surface area contributed by atoms with Crippen molar-refractivity contribution in [2.45, 2.75) is 10.0 Å². The molecule has 0 saturated heterocycles. The molecule has 0 amide bonds. The molecule has 3 nitrogen and oxygen atoms in total. The summed E-state index contributed by atoms with van der Waals surface area (Å²) in [5.74, 6) is -0.190. The Bertz CT molecular complexity index is 111. The van der Waals surface area contributed by atoms with Crippen molar-refractivity contribution in [1.82, 2.24) is 0 Å². The van der Waals surface area contributed by atoms with Crippen LogP contribution in [0.2, 0.25) is 0 Å². The van der Waals surface area contributed by atoms with Crippen LogP contribution in [0, 0.1) is 0 Å². The van der Waals surface area contributed by atoms with Crippen molar-refractivity contribution in [2.75, 3.05) is 14.2 Å². The third-order valence-electron chi connectivity index (χ3n) is 0.876. The summed E-state index contributed by atoms with van der Waals surface area (Å²) in [4.78, 5) is 11.0. The maximum absolute atomic E-state index is 11.0. The number of ether oxygens (including phenoxy) is 2. The smallest absolute Gasteiger partial charge is 0.219 e. The van der Waals surface area contributed by atoms with E-state index in [2.05, 4.69) is 31.9 Å². The molecule has 0 heterocycles. The maximum atomic E-state index is 11.0. The first-order valence-electron chi connectivity index (χ1n) is 2.51. The van der Waals surface area contributed by atoms with Gasteiger partial charge in [-0.2, -0.15) is 0 Å². The van der Waals surface area contributed by atoms with E-state index in [1.54, 1.807) is 0 Å². The predicted molar refractivity (Wildman–Crippen MR) is 44.5 cm³/mol. The Morgan fingerprint density at radius 3 is 1.80 bits per heavy atom. The van der Waals surface area contributed by atoms with Gasteiger partial charge >= 0.3 is 0 Å². The number of halogens is 2. The highest BCUT2D eigenvalue weighted by Gasteiger charge is 2.21. The Balaban J connectivity index is 3.89. The molecule has 0 rings (SSSR count). The topological polar surface area (TPSA) is 35.5 Å². The van der Waals surface area contributed by atoms with Gasteiger partial charge in [0.15, 0.2) is 0 Å². The number of carbonyl (C=O) groups excluding carboxylic acids is 1. The van der Waals surface area contributed by atoms with Gasteiger partial charge in [0.1, 0.15) is 3.74 Å². The summed E-state index contributed by atoms with van der Waals surface area (Å²) in [7, 11) is 2.82. The Morgan fingerprint density at radius 2 is 1.70 bits per heavy atom. The lowest BCUT2D eigenvalue weighted by molar-refractivity contribution is -0.154. The van der Waals surface area contributed by atoms with Crippen LogP contribution in [0.25, 0.3) is 0 Å². The molecule has 0 unspecified atom stereocenters. The van der Waals surface area contributed by atoms with Gasteiger partial charge in [-0.3, -0.25) is 4.79 Å². The lowest BCUT2D eigenvalue weighted by atomic mass is 10.4. The molecule has 0 aliphatic heterocycles. The Labute approximate surface area is 76.3 Å². The minimum Gasteiger partial charge on any atom is -0.349 e. The van der Waals surface area contributed by atoms with Gasteiger partial charge in [0.25, 0.3) is 0 Å². The van der Waals surface area contributed by atoms with E-state index in [1.807, 2.05) is 0 Å². The molecule has 0 aromatic rings. The van der Waals surface area contributed by atoms with Crippen LogP contribution in [0.5, 0.6) is 0 Å². The summed E-state index contributed by atoms with van der Waals surface area (Å²) in [5.41, 5.74) is 0. The molecule has 10 heavy (non-hydrogen) atoms. The molecule has 0 atom stereocenters. The van der Waals surface area contributed by atoms with Crippen molar-refractivity contribution in [3.63, 3.8) is 0 Å². The number of hydrogen-bond acceptors (Lipinski definition) is 3. The SMILES string of the molecule is COC(OC)C(=O)C(Br)Br. The lowest BCUT2D eigenvalue weighted by Crippen LogP contribution is -2.28. The van der Waals surface area contributed by atoms with Crippen molar-refractivity contribution in [3.05, 3.63) is 0 Å². The van der Waals surface area contributed by atoms with E-state index in [9.17, 15) is 4.79 Å². The molecule has 0 bridgehead atoms. The zero-order valence-corrected chi connectivity index (χ0v) is 8.81. The largest absolute Gasteiger partial charge is 0.349 e. The number of rotatable bonds is 4. The second-order valence-electron chi connectivity index (χ2n) is 1.51. The van der Waals surface area contributed by atoms with Gasteiger partial charge < -0.3 is 9.47 Å². The van der Waals surface area contributed by atoms with Crippen molar-refractivity contribution in [3.8, 4) is 0 Å². The van der Waals surface area contributed by atoms with Gasteiger partial charge in [-0.25, -0.2) is 0 Å². The third kappa shape index (κ3) is 3.09. The van der Waals surface area contributed by atoms with Gasteiger partial charge in [-0.05, 0) is 0 Å². The summed E-state index contributed by atoms with van der Waals surface area (Å²) in [5, 5.41) is 0. The van der Waals surface area contributed by atoms with Crippen LogP contribution in [0.4, 0.5) is 0 Å². The standard InChI is InChI=1S/C5H8Br2O3/c1-9-5(10-2)3(8)4(6)7/h4-5H,1-2H3. The van der Waals surface area contributed by atoms with Crippen LogP contribution >= 0.6 is 31.9 Å². The minimum absolute atomic E-state index is 0.190. The zero-order chi connectivity index (χ0) is 8.15. The number of ketones is 1. The number of methoxy groups -OCH3 is 2. The van der Waals surface area contributed by atoms with Gasteiger partial charge in [0.2, 0.25) is 12.1 Å². The first-order valence-corrected chi connectivity index (χ1v) is 4.34. The van der Waals surface area contributed by atoms with Crippen LogP contribution < -0.4 is 0 Å². The molecule has 0 fully saturated rings. The quantitative estimate of drug-likeness (QED) is 0.573. The molecule has 0 aliphatic rings. The average Bonchev–Trinajstić information content (AvgIpc) is 1.90. The number of Topliss-reactive ketones (excluding diaryl/α,β-unsaturated/α-hetero) is 1. The van der Waals surface area contributed by atoms with Gasteiger partial charge in [0, 0.05) is 14.2 Å². The van der Waals surface area contributed by atoms with Crippen molar-refractivity contribution in [1.29, 1.82) is 0 Å². The van der Waals surface area contributed by atoms with E-state index in [4.69, 9.17) is 9.47 Å².